The van der Waals surface area contributed by atoms with E-state index in [9.17, 15) is 5.11 Å². The highest BCUT2D eigenvalue weighted by Crippen LogP contribution is 2.29. The minimum atomic E-state index is 0.199. The molecule has 0 bridgehead atoms. The van der Waals surface area contributed by atoms with Crippen LogP contribution in [0.2, 0.25) is 0 Å². The van der Waals surface area contributed by atoms with Crippen molar-refractivity contribution in [1.29, 1.82) is 0 Å². The van der Waals surface area contributed by atoms with Gasteiger partial charge in [-0.3, -0.25) is 9.56 Å². The minimum absolute atomic E-state index is 0.199. The summed E-state index contributed by atoms with van der Waals surface area (Å²) in [5.41, 5.74) is 0.723. The number of hydrogen-bond acceptors (Lipinski definition) is 5. The molecule has 4 nitrogen and oxygen atoms in total. The normalized spacial score (nSPS) is 11.2. The van der Waals surface area contributed by atoms with Crippen LogP contribution in [-0.4, -0.2) is 23.0 Å². The average Bonchev–Trinajstić information content (AvgIpc) is 2.80. The van der Waals surface area contributed by atoms with E-state index in [2.05, 4.69) is 11.9 Å². The number of aromatic nitrogens is 1. The topological polar surface area (TPSA) is 46.8 Å². The molecule has 1 aromatic carbocycles. The SMILES string of the molecule is CCCCCn1c(O)c(C=Nc2ccccc2OC)sc1=S. The van der Waals surface area contributed by atoms with Gasteiger partial charge in [0.05, 0.1) is 13.3 Å². The summed E-state index contributed by atoms with van der Waals surface area (Å²) in [6, 6.07) is 7.50. The quantitative estimate of drug-likeness (QED) is 0.443. The van der Waals surface area contributed by atoms with E-state index in [4.69, 9.17) is 17.0 Å². The van der Waals surface area contributed by atoms with Crippen LogP contribution in [0.25, 0.3) is 0 Å². The molecule has 6 heteroatoms. The van der Waals surface area contributed by atoms with Crippen LogP contribution in [0.15, 0.2) is 29.3 Å². The molecule has 0 fully saturated rings. The standard InChI is InChI=1S/C16H20N2O2S2/c1-3-4-7-10-18-15(19)14(22-16(18)21)11-17-12-8-5-6-9-13(12)20-2/h5-6,8-9,11,19H,3-4,7,10H2,1-2H3. The predicted molar refractivity (Wildman–Crippen MR) is 94.6 cm³/mol. The molecule has 0 spiro atoms. The summed E-state index contributed by atoms with van der Waals surface area (Å²) in [7, 11) is 1.61. The highest BCUT2D eigenvalue weighted by Gasteiger charge is 2.10. The van der Waals surface area contributed by atoms with Gasteiger partial charge in [0.15, 0.2) is 3.95 Å². The van der Waals surface area contributed by atoms with E-state index in [-0.39, 0.29) is 5.88 Å². The maximum absolute atomic E-state index is 10.3. The summed E-state index contributed by atoms with van der Waals surface area (Å²) in [6.07, 6.45) is 4.92. The number of thiazole rings is 1. The monoisotopic (exact) mass is 336 g/mol. The van der Waals surface area contributed by atoms with Crippen LogP contribution in [0.5, 0.6) is 11.6 Å². The third-order valence-corrected chi connectivity index (χ3v) is 4.66. The molecular weight excluding hydrogens is 316 g/mol. The lowest BCUT2D eigenvalue weighted by molar-refractivity contribution is 0.409. The van der Waals surface area contributed by atoms with Crippen molar-refractivity contribution in [2.75, 3.05) is 7.11 Å². The van der Waals surface area contributed by atoms with Gasteiger partial charge in [-0.2, -0.15) is 0 Å². The molecule has 0 aliphatic heterocycles. The van der Waals surface area contributed by atoms with E-state index >= 15 is 0 Å². The zero-order valence-corrected chi connectivity index (χ0v) is 14.4. The number of aliphatic imine (C=N–C) groups is 1. The maximum Gasteiger partial charge on any atom is 0.212 e. The number of methoxy groups -OCH3 is 1. The van der Waals surface area contributed by atoms with Crippen LogP contribution in [0.3, 0.4) is 0 Å². The molecule has 0 radical (unpaired) electrons. The molecule has 0 aliphatic rings. The van der Waals surface area contributed by atoms with Crippen molar-refractivity contribution in [3.63, 3.8) is 0 Å². The van der Waals surface area contributed by atoms with E-state index in [1.807, 2.05) is 24.3 Å². The molecule has 1 heterocycles. The molecule has 2 aromatic rings. The van der Waals surface area contributed by atoms with E-state index in [1.54, 1.807) is 17.9 Å². The maximum atomic E-state index is 10.3. The molecule has 0 saturated carbocycles. The second-order valence-corrected chi connectivity index (χ2v) is 6.52. The van der Waals surface area contributed by atoms with Gasteiger partial charge in [-0.15, -0.1) is 0 Å². The lowest BCUT2D eigenvalue weighted by Gasteiger charge is -2.04. The highest BCUT2D eigenvalue weighted by molar-refractivity contribution is 7.73. The Kier molecular flexibility index (Phi) is 6.15. The van der Waals surface area contributed by atoms with Crippen LogP contribution in [0.4, 0.5) is 5.69 Å². The van der Waals surface area contributed by atoms with Crippen molar-refractivity contribution >= 4 is 35.5 Å². The second kappa shape index (κ2) is 8.10. The number of rotatable bonds is 7. The van der Waals surface area contributed by atoms with Gasteiger partial charge in [0.25, 0.3) is 0 Å². The molecule has 0 unspecified atom stereocenters. The number of nitrogens with zero attached hydrogens (tertiary/aromatic N) is 2. The Balaban J connectivity index is 2.21. The fraction of sp³-hybridized carbons (Fsp3) is 0.375. The molecule has 1 N–H and O–H groups in total. The van der Waals surface area contributed by atoms with Crippen LogP contribution in [-0.2, 0) is 6.54 Å². The first-order chi connectivity index (χ1) is 10.7. The van der Waals surface area contributed by atoms with Gasteiger partial charge in [-0.1, -0.05) is 43.2 Å². The summed E-state index contributed by atoms with van der Waals surface area (Å²) in [5.74, 6) is 0.897. The molecule has 22 heavy (non-hydrogen) atoms. The number of benzene rings is 1. The van der Waals surface area contributed by atoms with Gasteiger partial charge in [0, 0.05) is 6.54 Å². The largest absolute Gasteiger partial charge is 0.494 e. The van der Waals surface area contributed by atoms with Crippen LogP contribution >= 0.6 is 23.6 Å². The van der Waals surface area contributed by atoms with Gasteiger partial charge in [-0.25, -0.2) is 0 Å². The minimum Gasteiger partial charge on any atom is -0.494 e. The van der Waals surface area contributed by atoms with Crippen molar-refractivity contribution in [3.05, 3.63) is 33.1 Å². The summed E-state index contributed by atoms with van der Waals surface area (Å²) < 4.78 is 7.71. The van der Waals surface area contributed by atoms with Crippen LogP contribution < -0.4 is 4.74 Å². The third-order valence-electron chi connectivity index (χ3n) is 3.29. The van der Waals surface area contributed by atoms with Gasteiger partial charge < -0.3 is 9.84 Å². The van der Waals surface area contributed by atoms with E-state index in [0.717, 1.165) is 31.5 Å². The fourth-order valence-corrected chi connectivity index (χ4v) is 3.31. The number of hydrogen-bond donors (Lipinski definition) is 1. The summed E-state index contributed by atoms with van der Waals surface area (Å²) >= 11 is 6.69. The van der Waals surface area contributed by atoms with Crippen molar-refractivity contribution in [3.8, 4) is 11.6 Å². The van der Waals surface area contributed by atoms with Gasteiger partial charge in [0.1, 0.15) is 16.3 Å². The highest BCUT2D eigenvalue weighted by atomic mass is 32.1. The zero-order chi connectivity index (χ0) is 15.9. The molecule has 0 amide bonds. The molecule has 0 atom stereocenters. The second-order valence-electron chi connectivity index (χ2n) is 4.84. The van der Waals surface area contributed by atoms with Crippen molar-refractivity contribution in [1.82, 2.24) is 4.57 Å². The molecular formula is C16H20N2O2S2. The van der Waals surface area contributed by atoms with E-state index in [1.165, 1.54) is 11.3 Å². The Labute approximate surface area is 139 Å². The lowest BCUT2D eigenvalue weighted by Crippen LogP contribution is -1.97. The molecule has 0 saturated heterocycles. The Morgan fingerprint density at radius 3 is 2.86 bits per heavy atom. The van der Waals surface area contributed by atoms with Crippen LogP contribution in [0, 0.1) is 3.95 Å². The number of ether oxygens (including phenoxy) is 1. The first kappa shape index (κ1) is 16.7. The van der Waals surface area contributed by atoms with Crippen LogP contribution in [0.1, 0.15) is 31.1 Å². The molecule has 118 valence electrons. The van der Waals surface area contributed by atoms with E-state index < -0.39 is 0 Å². The molecule has 0 aliphatic carbocycles. The van der Waals surface area contributed by atoms with Crippen molar-refractivity contribution in [2.24, 2.45) is 4.99 Å². The fourth-order valence-electron chi connectivity index (χ4n) is 2.08. The van der Waals surface area contributed by atoms with Crippen molar-refractivity contribution < 1.29 is 9.84 Å². The smallest absolute Gasteiger partial charge is 0.212 e. The lowest BCUT2D eigenvalue weighted by atomic mass is 10.2. The first-order valence-electron chi connectivity index (χ1n) is 7.27. The zero-order valence-electron chi connectivity index (χ0n) is 12.8. The molecule has 2 rings (SSSR count). The number of para-hydroxylation sites is 2. The molecule has 1 aromatic heterocycles. The van der Waals surface area contributed by atoms with E-state index in [0.29, 0.717) is 14.6 Å². The third kappa shape index (κ3) is 3.96. The predicted octanol–water partition coefficient (Wildman–Crippen LogP) is 4.93. The van der Waals surface area contributed by atoms with Gasteiger partial charge in [0.2, 0.25) is 5.88 Å². The Bertz CT molecular complexity index is 704. The average molecular weight is 336 g/mol. The summed E-state index contributed by atoms with van der Waals surface area (Å²) in [5, 5.41) is 10.3. The van der Waals surface area contributed by atoms with Crippen molar-refractivity contribution in [2.45, 2.75) is 32.7 Å². The Morgan fingerprint density at radius 1 is 1.36 bits per heavy atom. The van der Waals surface area contributed by atoms with Gasteiger partial charge >= 0.3 is 0 Å². The Hall–Kier alpha value is -1.66. The first-order valence-corrected chi connectivity index (χ1v) is 8.49. The summed E-state index contributed by atoms with van der Waals surface area (Å²) in [6.45, 7) is 2.90. The number of aromatic hydroxyl groups is 1. The Morgan fingerprint density at radius 2 is 2.14 bits per heavy atom. The van der Waals surface area contributed by atoms with Gasteiger partial charge in [-0.05, 0) is 30.8 Å². The summed E-state index contributed by atoms with van der Waals surface area (Å²) in [4.78, 5) is 5.07. The number of unbranched alkanes of at least 4 members (excludes halogenated alkanes) is 2.